The van der Waals surface area contributed by atoms with Crippen molar-refractivity contribution < 1.29 is 18.0 Å². The van der Waals surface area contributed by atoms with Crippen molar-refractivity contribution >= 4 is 11.6 Å². The summed E-state index contributed by atoms with van der Waals surface area (Å²) in [6, 6.07) is 6.78. The molecule has 1 atom stereocenters. The van der Waals surface area contributed by atoms with E-state index in [2.05, 4.69) is 10.6 Å². The SMILES string of the molecule is Cc1ccccc1NC(=O)C1(C(F)(F)F)CCNC1. The van der Waals surface area contributed by atoms with Crippen LogP contribution in [0, 0.1) is 12.3 Å². The van der Waals surface area contributed by atoms with Crippen LogP contribution in [-0.4, -0.2) is 25.2 Å². The molecule has 1 fully saturated rings. The quantitative estimate of drug-likeness (QED) is 0.868. The molecule has 1 aliphatic rings. The molecule has 19 heavy (non-hydrogen) atoms. The van der Waals surface area contributed by atoms with Crippen LogP contribution in [0.3, 0.4) is 0 Å². The predicted octanol–water partition coefficient (Wildman–Crippen LogP) is 2.48. The highest BCUT2D eigenvalue weighted by molar-refractivity contribution is 5.97. The number of halogens is 3. The number of alkyl halides is 3. The minimum Gasteiger partial charge on any atom is -0.325 e. The third-order valence-corrected chi connectivity index (χ3v) is 3.53. The number of carbonyl (C=O) groups is 1. The first-order valence-corrected chi connectivity index (χ1v) is 6.01. The Bertz CT molecular complexity index is 479. The third kappa shape index (κ3) is 2.45. The Balaban J connectivity index is 2.25. The molecule has 104 valence electrons. The van der Waals surface area contributed by atoms with Gasteiger partial charge in [-0.15, -0.1) is 0 Å². The lowest BCUT2D eigenvalue weighted by Gasteiger charge is -2.29. The molecule has 1 aromatic carbocycles. The first kappa shape index (κ1) is 13.9. The van der Waals surface area contributed by atoms with Crippen molar-refractivity contribution in [3.63, 3.8) is 0 Å². The molecule has 1 amide bonds. The van der Waals surface area contributed by atoms with Crippen LogP contribution in [0.4, 0.5) is 18.9 Å². The van der Waals surface area contributed by atoms with Gasteiger partial charge in [0.25, 0.3) is 0 Å². The van der Waals surface area contributed by atoms with Gasteiger partial charge < -0.3 is 10.6 Å². The van der Waals surface area contributed by atoms with Gasteiger partial charge in [-0.25, -0.2) is 0 Å². The maximum Gasteiger partial charge on any atom is 0.404 e. The third-order valence-electron chi connectivity index (χ3n) is 3.53. The number of amides is 1. The van der Waals surface area contributed by atoms with Crippen LogP contribution in [0.15, 0.2) is 24.3 Å². The highest BCUT2D eigenvalue weighted by Crippen LogP contribution is 2.43. The normalized spacial score (nSPS) is 23.4. The molecule has 1 heterocycles. The number of anilines is 1. The number of hydrogen-bond acceptors (Lipinski definition) is 2. The van der Waals surface area contributed by atoms with Gasteiger partial charge >= 0.3 is 6.18 Å². The fraction of sp³-hybridized carbons (Fsp3) is 0.462. The Morgan fingerprint density at radius 3 is 2.58 bits per heavy atom. The maximum atomic E-state index is 13.2. The van der Waals surface area contributed by atoms with Gasteiger partial charge in [-0.2, -0.15) is 13.2 Å². The number of aryl methyl sites for hydroxylation is 1. The maximum absolute atomic E-state index is 13.2. The number of rotatable bonds is 2. The van der Waals surface area contributed by atoms with Crippen molar-refractivity contribution in [2.45, 2.75) is 19.5 Å². The lowest BCUT2D eigenvalue weighted by molar-refractivity contribution is -0.213. The van der Waals surface area contributed by atoms with E-state index in [0.717, 1.165) is 5.56 Å². The van der Waals surface area contributed by atoms with E-state index in [1.807, 2.05) is 0 Å². The van der Waals surface area contributed by atoms with Crippen LogP contribution in [0.5, 0.6) is 0 Å². The summed E-state index contributed by atoms with van der Waals surface area (Å²) in [6.07, 6.45) is -4.78. The first-order chi connectivity index (χ1) is 8.87. The molecule has 1 aliphatic heterocycles. The molecule has 2 rings (SSSR count). The largest absolute Gasteiger partial charge is 0.404 e. The number of hydrogen-bond donors (Lipinski definition) is 2. The fourth-order valence-corrected chi connectivity index (χ4v) is 2.21. The molecule has 0 spiro atoms. The second-order valence-corrected chi connectivity index (χ2v) is 4.78. The predicted molar refractivity (Wildman–Crippen MR) is 65.8 cm³/mol. The van der Waals surface area contributed by atoms with Crippen molar-refractivity contribution in [3.05, 3.63) is 29.8 Å². The smallest absolute Gasteiger partial charge is 0.325 e. The summed E-state index contributed by atoms with van der Waals surface area (Å²) < 4.78 is 39.5. The average molecular weight is 272 g/mol. The molecule has 0 bridgehead atoms. The van der Waals surface area contributed by atoms with E-state index >= 15 is 0 Å². The molecule has 0 aliphatic carbocycles. The molecular formula is C13H15F3N2O. The first-order valence-electron chi connectivity index (χ1n) is 6.01. The van der Waals surface area contributed by atoms with E-state index in [9.17, 15) is 18.0 Å². The molecule has 1 saturated heterocycles. The van der Waals surface area contributed by atoms with Crippen molar-refractivity contribution in [1.29, 1.82) is 0 Å². The van der Waals surface area contributed by atoms with E-state index in [0.29, 0.717) is 5.69 Å². The van der Waals surface area contributed by atoms with Crippen LogP contribution >= 0.6 is 0 Å². The van der Waals surface area contributed by atoms with Gasteiger partial charge in [-0.3, -0.25) is 4.79 Å². The molecule has 1 unspecified atom stereocenters. The lowest BCUT2D eigenvalue weighted by Crippen LogP contribution is -2.49. The summed E-state index contributed by atoms with van der Waals surface area (Å²) in [4.78, 5) is 12.1. The number of para-hydroxylation sites is 1. The summed E-state index contributed by atoms with van der Waals surface area (Å²) in [5.74, 6) is -0.987. The summed E-state index contributed by atoms with van der Waals surface area (Å²) in [5.41, 5.74) is -1.17. The van der Waals surface area contributed by atoms with Gasteiger partial charge in [-0.1, -0.05) is 18.2 Å². The van der Waals surface area contributed by atoms with Gasteiger partial charge in [0.05, 0.1) is 0 Å². The summed E-state index contributed by atoms with van der Waals surface area (Å²) in [6.45, 7) is 1.57. The second kappa shape index (κ2) is 4.85. The summed E-state index contributed by atoms with van der Waals surface area (Å²) >= 11 is 0. The molecule has 3 nitrogen and oxygen atoms in total. The zero-order chi connectivity index (χ0) is 14.1. The van der Waals surface area contributed by atoms with Crippen LogP contribution in [-0.2, 0) is 4.79 Å². The Morgan fingerprint density at radius 2 is 2.05 bits per heavy atom. The van der Waals surface area contributed by atoms with Crippen LogP contribution in [0.25, 0.3) is 0 Å². The topological polar surface area (TPSA) is 41.1 Å². The Labute approximate surface area is 109 Å². The average Bonchev–Trinajstić information content (AvgIpc) is 2.82. The minimum absolute atomic E-state index is 0.195. The van der Waals surface area contributed by atoms with Crippen molar-refractivity contribution in [3.8, 4) is 0 Å². The van der Waals surface area contributed by atoms with Crippen LogP contribution < -0.4 is 10.6 Å². The minimum atomic E-state index is -4.55. The van der Waals surface area contributed by atoms with Gasteiger partial charge in [0.15, 0.2) is 5.41 Å². The lowest BCUT2D eigenvalue weighted by atomic mass is 9.85. The Kier molecular flexibility index (Phi) is 3.54. The van der Waals surface area contributed by atoms with E-state index in [1.165, 1.54) is 0 Å². The second-order valence-electron chi connectivity index (χ2n) is 4.78. The molecule has 6 heteroatoms. The van der Waals surface area contributed by atoms with E-state index in [4.69, 9.17) is 0 Å². The van der Waals surface area contributed by atoms with Crippen molar-refractivity contribution in [2.24, 2.45) is 5.41 Å². The van der Waals surface area contributed by atoms with Gasteiger partial charge in [0, 0.05) is 12.2 Å². The molecular weight excluding hydrogens is 257 g/mol. The molecule has 0 saturated carbocycles. The fourth-order valence-electron chi connectivity index (χ4n) is 2.21. The number of carbonyl (C=O) groups excluding carboxylic acids is 1. The van der Waals surface area contributed by atoms with E-state index in [-0.39, 0.29) is 19.5 Å². The Morgan fingerprint density at radius 1 is 1.37 bits per heavy atom. The van der Waals surface area contributed by atoms with Gasteiger partial charge in [0.2, 0.25) is 5.91 Å². The molecule has 0 aromatic heterocycles. The molecule has 2 N–H and O–H groups in total. The zero-order valence-electron chi connectivity index (χ0n) is 10.5. The van der Waals surface area contributed by atoms with Crippen LogP contribution in [0.1, 0.15) is 12.0 Å². The highest BCUT2D eigenvalue weighted by atomic mass is 19.4. The van der Waals surface area contributed by atoms with E-state index in [1.54, 1.807) is 31.2 Å². The zero-order valence-corrected chi connectivity index (χ0v) is 10.5. The standard InChI is InChI=1S/C13H15F3N2O/c1-9-4-2-3-5-10(9)18-11(19)12(13(14,15)16)6-7-17-8-12/h2-5,17H,6-8H2,1H3,(H,18,19). The van der Waals surface area contributed by atoms with Crippen molar-refractivity contribution in [2.75, 3.05) is 18.4 Å². The van der Waals surface area contributed by atoms with Gasteiger partial charge in [0.1, 0.15) is 0 Å². The van der Waals surface area contributed by atoms with E-state index < -0.39 is 17.5 Å². The number of benzene rings is 1. The van der Waals surface area contributed by atoms with Crippen molar-refractivity contribution in [1.82, 2.24) is 5.32 Å². The molecule has 0 radical (unpaired) electrons. The van der Waals surface area contributed by atoms with Crippen LogP contribution in [0.2, 0.25) is 0 Å². The highest BCUT2D eigenvalue weighted by Gasteiger charge is 2.61. The molecule has 1 aromatic rings. The number of nitrogens with one attached hydrogen (secondary N) is 2. The Hall–Kier alpha value is -1.56. The summed E-state index contributed by atoms with van der Waals surface area (Å²) in [5, 5.41) is 5.02. The van der Waals surface area contributed by atoms with Gasteiger partial charge in [-0.05, 0) is 31.5 Å². The monoisotopic (exact) mass is 272 g/mol. The summed E-state index contributed by atoms with van der Waals surface area (Å²) in [7, 11) is 0.